The molecule has 0 aliphatic heterocycles. The predicted molar refractivity (Wildman–Crippen MR) is 132 cm³/mol. The zero-order chi connectivity index (χ0) is 24.4. The Balaban J connectivity index is 1.44. The minimum atomic E-state index is -0.584. The number of benzene rings is 2. The van der Waals surface area contributed by atoms with Crippen LogP contribution < -0.4 is 16.4 Å². The molecule has 8 nitrogen and oxygen atoms in total. The molecule has 4 N–H and O–H groups in total. The van der Waals surface area contributed by atoms with E-state index in [-0.39, 0.29) is 17.5 Å². The van der Waals surface area contributed by atoms with Gasteiger partial charge < -0.3 is 25.5 Å². The lowest BCUT2D eigenvalue weighted by molar-refractivity contribution is 0.0988. The number of carbonyl (C=O) groups excluding carboxylic acids is 3. The molecule has 3 amide bonds. The number of nitrogens with zero attached hydrogens (tertiary/aromatic N) is 2. The van der Waals surface area contributed by atoms with Gasteiger partial charge >= 0.3 is 0 Å². The van der Waals surface area contributed by atoms with Gasteiger partial charge in [-0.1, -0.05) is 42.0 Å². The van der Waals surface area contributed by atoms with Crippen molar-refractivity contribution in [2.24, 2.45) is 19.8 Å². The van der Waals surface area contributed by atoms with Crippen molar-refractivity contribution in [3.63, 3.8) is 0 Å². The van der Waals surface area contributed by atoms with Crippen LogP contribution in [0.5, 0.6) is 0 Å². The number of hydrogen-bond acceptors (Lipinski definition) is 3. The Bertz CT molecular complexity index is 1380. The van der Waals surface area contributed by atoms with E-state index in [4.69, 9.17) is 5.73 Å². The molecule has 2 aromatic carbocycles. The van der Waals surface area contributed by atoms with Gasteiger partial charge in [-0.25, -0.2) is 0 Å². The zero-order valence-corrected chi connectivity index (χ0v) is 19.1. The highest BCUT2D eigenvalue weighted by atomic mass is 16.2. The van der Waals surface area contributed by atoms with Crippen molar-refractivity contribution in [2.45, 2.75) is 6.92 Å². The molecule has 0 spiro atoms. The Labute approximate surface area is 197 Å². The standard InChI is InChI=1S/C26H25N5O3/c1-16-4-6-17(7-5-16)18-8-10-19(11-9-18)25(33)28-21-13-23(31(3)15-21)26(34)29-20-12-22(24(27)32)30(2)14-20/h4-15H,1-3H3,(H2,27,32)(H,28,33)(H,29,34). The summed E-state index contributed by atoms with van der Waals surface area (Å²) in [5.74, 6) is -1.24. The molecule has 0 bridgehead atoms. The van der Waals surface area contributed by atoms with E-state index >= 15 is 0 Å². The molecule has 4 aromatic rings. The summed E-state index contributed by atoms with van der Waals surface area (Å²) in [4.78, 5) is 36.9. The summed E-state index contributed by atoms with van der Waals surface area (Å²) in [7, 11) is 3.37. The molecular formula is C26H25N5O3. The Hall–Kier alpha value is -4.59. The van der Waals surface area contributed by atoms with Crippen molar-refractivity contribution in [1.82, 2.24) is 9.13 Å². The number of aryl methyl sites for hydroxylation is 3. The van der Waals surface area contributed by atoms with Crippen molar-refractivity contribution >= 4 is 29.1 Å². The molecule has 0 aliphatic rings. The second-order valence-corrected chi connectivity index (χ2v) is 8.17. The van der Waals surface area contributed by atoms with Crippen LogP contribution in [0, 0.1) is 6.92 Å². The molecule has 4 rings (SSSR count). The summed E-state index contributed by atoms with van der Waals surface area (Å²) in [6.07, 6.45) is 3.26. The highest BCUT2D eigenvalue weighted by Gasteiger charge is 2.16. The molecular weight excluding hydrogens is 430 g/mol. The Morgan fingerprint density at radius 2 is 1.18 bits per heavy atom. The smallest absolute Gasteiger partial charge is 0.272 e. The molecule has 0 saturated heterocycles. The summed E-state index contributed by atoms with van der Waals surface area (Å²) in [6.45, 7) is 2.04. The normalized spacial score (nSPS) is 10.7. The van der Waals surface area contributed by atoms with Gasteiger partial charge in [0.05, 0.1) is 11.4 Å². The molecule has 0 saturated carbocycles. The summed E-state index contributed by atoms with van der Waals surface area (Å²) in [5.41, 5.74) is 10.7. The molecule has 172 valence electrons. The van der Waals surface area contributed by atoms with Gasteiger partial charge in [-0.05, 0) is 42.3 Å². The average Bonchev–Trinajstić information content (AvgIpc) is 3.36. The highest BCUT2D eigenvalue weighted by molar-refractivity contribution is 6.07. The molecule has 0 atom stereocenters. The van der Waals surface area contributed by atoms with Gasteiger partial charge in [0.25, 0.3) is 17.7 Å². The van der Waals surface area contributed by atoms with Gasteiger partial charge in [0.15, 0.2) is 0 Å². The fourth-order valence-electron chi connectivity index (χ4n) is 3.69. The van der Waals surface area contributed by atoms with E-state index in [9.17, 15) is 14.4 Å². The first kappa shape index (κ1) is 22.6. The summed E-state index contributed by atoms with van der Waals surface area (Å²) in [5, 5.41) is 5.57. The first-order valence-electron chi connectivity index (χ1n) is 10.6. The number of amides is 3. The maximum absolute atomic E-state index is 12.7. The number of aromatic nitrogens is 2. The van der Waals surface area contributed by atoms with Crippen LogP contribution in [0.4, 0.5) is 11.4 Å². The van der Waals surface area contributed by atoms with E-state index in [1.807, 2.05) is 43.3 Å². The lowest BCUT2D eigenvalue weighted by atomic mass is 10.0. The third-order valence-corrected chi connectivity index (χ3v) is 5.54. The second-order valence-electron chi connectivity index (χ2n) is 8.17. The van der Waals surface area contributed by atoms with Crippen molar-refractivity contribution in [3.05, 3.63) is 95.6 Å². The van der Waals surface area contributed by atoms with Gasteiger partial charge in [-0.15, -0.1) is 0 Å². The Morgan fingerprint density at radius 3 is 1.71 bits per heavy atom. The van der Waals surface area contributed by atoms with Gasteiger partial charge in [-0.2, -0.15) is 0 Å². The first-order valence-corrected chi connectivity index (χ1v) is 10.6. The Morgan fingerprint density at radius 1 is 0.706 bits per heavy atom. The molecule has 8 heteroatoms. The number of hydrogen-bond donors (Lipinski definition) is 3. The summed E-state index contributed by atoms with van der Waals surface area (Å²) in [6, 6.07) is 18.6. The molecule has 34 heavy (non-hydrogen) atoms. The third kappa shape index (κ3) is 4.75. The molecule has 0 radical (unpaired) electrons. The van der Waals surface area contributed by atoms with Crippen molar-refractivity contribution in [2.75, 3.05) is 10.6 Å². The summed E-state index contributed by atoms with van der Waals surface area (Å²) < 4.78 is 3.15. The zero-order valence-electron chi connectivity index (χ0n) is 19.1. The average molecular weight is 456 g/mol. The molecule has 2 aromatic heterocycles. The van der Waals surface area contributed by atoms with Gasteiger partial charge in [0, 0.05) is 32.1 Å². The maximum atomic E-state index is 12.7. The van der Waals surface area contributed by atoms with Crippen LogP contribution in [0.3, 0.4) is 0 Å². The number of anilines is 2. The molecule has 0 fully saturated rings. The van der Waals surface area contributed by atoms with Crippen molar-refractivity contribution in [1.29, 1.82) is 0 Å². The topological polar surface area (TPSA) is 111 Å². The number of nitrogens with one attached hydrogen (secondary N) is 2. The largest absolute Gasteiger partial charge is 0.364 e. The SMILES string of the molecule is Cc1ccc(-c2ccc(C(=O)Nc3cc(C(=O)Nc4cc(C(N)=O)n(C)c4)n(C)c3)cc2)cc1. The lowest BCUT2D eigenvalue weighted by Gasteiger charge is -2.06. The molecule has 0 aliphatic carbocycles. The van der Waals surface area contributed by atoms with E-state index in [1.54, 1.807) is 53.8 Å². The lowest BCUT2D eigenvalue weighted by Crippen LogP contribution is -2.15. The van der Waals surface area contributed by atoms with Gasteiger partial charge in [0.1, 0.15) is 11.4 Å². The number of rotatable bonds is 6. The maximum Gasteiger partial charge on any atom is 0.272 e. The quantitative estimate of drug-likeness (QED) is 0.409. The Kier molecular flexibility index (Phi) is 6.05. The summed E-state index contributed by atoms with van der Waals surface area (Å²) >= 11 is 0. The third-order valence-electron chi connectivity index (χ3n) is 5.54. The van der Waals surface area contributed by atoms with Crippen LogP contribution in [-0.2, 0) is 14.1 Å². The highest BCUT2D eigenvalue weighted by Crippen LogP contribution is 2.22. The van der Waals surface area contributed by atoms with Crippen LogP contribution in [0.15, 0.2) is 73.1 Å². The minimum absolute atomic E-state index is 0.276. The van der Waals surface area contributed by atoms with Gasteiger partial charge in [-0.3, -0.25) is 14.4 Å². The van der Waals surface area contributed by atoms with Crippen molar-refractivity contribution < 1.29 is 14.4 Å². The van der Waals surface area contributed by atoms with E-state index < -0.39 is 5.91 Å². The van der Waals surface area contributed by atoms with Crippen LogP contribution in [0.25, 0.3) is 11.1 Å². The number of primary amides is 1. The van der Waals surface area contributed by atoms with Crippen LogP contribution in [0.1, 0.15) is 36.9 Å². The number of nitrogens with two attached hydrogens (primary N) is 1. The van der Waals surface area contributed by atoms with E-state index in [0.717, 1.165) is 11.1 Å². The predicted octanol–water partition coefficient (Wildman–Crippen LogP) is 3.94. The first-order chi connectivity index (χ1) is 16.2. The fraction of sp³-hybridized carbons (Fsp3) is 0.115. The van der Waals surface area contributed by atoms with Crippen LogP contribution >= 0.6 is 0 Å². The van der Waals surface area contributed by atoms with Gasteiger partial charge in [0.2, 0.25) is 0 Å². The molecule has 0 unspecified atom stereocenters. The second kappa shape index (κ2) is 9.11. The van der Waals surface area contributed by atoms with E-state index in [2.05, 4.69) is 10.6 Å². The fourth-order valence-corrected chi connectivity index (χ4v) is 3.69. The van der Waals surface area contributed by atoms with E-state index in [1.165, 1.54) is 11.6 Å². The minimum Gasteiger partial charge on any atom is -0.364 e. The van der Waals surface area contributed by atoms with Crippen LogP contribution in [0.2, 0.25) is 0 Å². The van der Waals surface area contributed by atoms with Crippen LogP contribution in [-0.4, -0.2) is 26.9 Å². The van der Waals surface area contributed by atoms with Crippen molar-refractivity contribution in [3.8, 4) is 11.1 Å². The number of carbonyl (C=O) groups is 3. The molecule has 2 heterocycles. The van der Waals surface area contributed by atoms with E-state index in [0.29, 0.717) is 22.6 Å². The monoisotopic (exact) mass is 455 g/mol.